The number of rotatable bonds is 5. The average molecular weight is 508 g/mol. The number of hydrogen-bond donors (Lipinski definition) is 1. The number of imidazole rings is 1. The molecule has 0 saturated carbocycles. The molecule has 4 rings (SSSR count). The van der Waals surface area contributed by atoms with E-state index in [2.05, 4.69) is 15.0 Å². The van der Waals surface area contributed by atoms with Gasteiger partial charge in [0.15, 0.2) is 23.2 Å². The monoisotopic (exact) mass is 507 g/mol. The van der Waals surface area contributed by atoms with Crippen LogP contribution in [-0.4, -0.2) is 55.2 Å². The lowest BCUT2D eigenvalue weighted by Crippen LogP contribution is -2.37. The number of halogens is 2. The predicted octanol–water partition coefficient (Wildman–Crippen LogP) is 5.07. The number of carbonyl (C=O) groups excluding carboxylic acids is 1. The summed E-state index contributed by atoms with van der Waals surface area (Å²) in [5.41, 5.74) is 0.529. The van der Waals surface area contributed by atoms with Crippen molar-refractivity contribution < 1.29 is 23.8 Å². The van der Waals surface area contributed by atoms with Crippen LogP contribution in [0.4, 0.5) is 15.0 Å². The number of aliphatic hydroxyl groups excluding tert-OH is 1. The topological polar surface area (TPSA) is 103 Å². The zero-order valence-corrected chi connectivity index (χ0v) is 21.2. The average Bonchev–Trinajstić information content (AvgIpc) is 3.40. The summed E-state index contributed by atoms with van der Waals surface area (Å²) in [6.07, 6.45) is -2.26. The first-order valence-electron chi connectivity index (χ1n) is 11.5. The molecular weight excluding hydrogens is 477 g/mol. The van der Waals surface area contributed by atoms with Gasteiger partial charge in [-0.05, 0) is 37.9 Å². The largest absolute Gasteiger partial charge is 0.443 e. The maximum Gasteiger partial charge on any atom is 0.416 e. The zero-order valence-electron chi connectivity index (χ0n) is 20.5. The summed E-state index contributed by atoms with van der Waals surface area (Å²) < 4.78 is 27.3. The van der Waals surface area contributed by atoms with Crippen molar-refractivity contribution in [3.8, 4) is 0 Å². The Balaban J connectivity index is 0.00000167. The highest BCUT2D eigenvalue weighted by atomic mass is 35.5. The Hall–Kier alpha value is -2.82. The van der Waals surface area contributed by atoms with E-state index in [1.807, 2.05) is 44.2 Å². The van der Waals surface area contributed by atoms with Crippen LogP contribution >= 0.6 is 11.6 Å². The first-order chi connectivity index (χ1) is 16.7. The minimum absolute atomic E-state index is 0.0462. The lowest BCUT2D eigenvalue weighted by Gasteiger charge is -2.27. The number of amides is 1. The molecule has 1 fully saturated rings. The van der Waals surface area contributed by atoms with Crippen LogP contribution in [0.3, 0.4) is 0 Å². The van der Waals surface area contributed by atoms with E-state index < -0.39 is 30.2 Å². The van der Waals surface area contributed by atoms with Crippen molar-refractivity contribution in [3.05, 3.63) is 47.5 Å². The van der Waals surface area contributed by atoms with Crippen LogP contribution in [0.1, 0.15) is 52.8 Å². The number of benzene rings is 1. The first-order valence-corrected chi connectivity index (χ1v) is 11.9. The second kappa shape index (κ2) is 11.3. The van der Waals surface area contributed by atoms with Crippen molar-refractivity contribution in [2.24, 2.45) is 0 Å². The van der Waals surface area contributed by atoms with Crippen LogP contribution < -0.4 is 4.90 Å². The van der Waals surface area contributed by atoms with Crippen LogP contribution in [0, 0.1) is 0 Å². The standard InChI is InChI=1S/C22H25ClFN5O4.C2H6/c1-22(2,3)33-21(31)28(10-13-7-5-4-6-8-13)17-16-18(27-20(23)26-17)29(12-25-16)19-15(24)9-14(11-30)32-19;1-2/h4-8,12,14-15,19,30H,9-11H2,1-3H3;1-2H3. The quantitative estimate of drug-likeness (QED) is 0.481. The van der Waals surface area contributed by atoms with Crippen molar-refractivity contribution >= 4 is 34.7 Å². The molecule has 3 aromatic rings. The number of ether oxygens (including phenoxy) is 2. The smallest absolute Gasteiger partial charge is 0.416 e. The van der Waals surface area contributed by atoms with Crippen molar-refractivity contribution in [2.45, 2.75) is 71.7 Å². The Morgan fingerprint density at radius 2 is 1.97 bits per heavy atom. The van der Waals surface area contributed by atoms with E-state index in [-0.39, 0.29) is 41.8 Å². The van der Waals surface area contributed by atoms with E-state index in [4.69, 9.17) is 21.1 Å². The number of fused-ring (bicyclic) bond motifs is 1. The normalized spacial score (nSPS) is 19.8. The van der Waals surface area contributed by atoms with Crippen LogP contribution in [-0.2, 0) is 16.0 Å². The van der Waals surface area contributed by atoms with E-state index >= 15 is 0 Å². The van der Waals surface area contributed by atoms with Crippen LogP contribution in [0.15, 0.2) is 36.7 Å². The number of anilines is 1. The lowest BCUT2D eigenvalue weighted by atomic mass is 10.2. The molecule has 190 valence electrons. The number of nitrogens with zero attached hydrogens (tertiary/aromatic N) is 5. The molecule has 35 heavy (non-hydrogen) atoms. The fourth-order valence-corrected chi connectivity index (χ4v) is 3.78. The molecule has 1 N–H and O–H groups in total. The summed E-state index contributed by atoms with van der Waals surface area (Å²) in [5, 5.41) is 9.20. The van der Waals surface area contributed by atoms with E-state index in [1.165, 1.54) is 15.8 Å². The van der Waals surface area contributed by atoms with Crippen LogP contribution in [0.2, 0.25) is 5.28 Å². The molecule has 3 heterocycles. The van der Waals surface area contributed by atoms with Gasteiger partial charge < -0.3 is 14.6 Å². The first kappa shape index (κ1) is 26.8. The summed E-state index contributed by atoms with van der Waals surface area (Å²) in [6.45, 7) is 9.13. The SMILES string of the molecule is CC.CC(C)(C)OC(=O)N(Cc1ccccc1)c1nc(Cl)nc2c1ncn2C1OC(CO)CC1F. The minimum atomic E-state index is -1.37. The Labute approximate surface area is 208 Å². The Kier molecular flexibility index (Phi) is 8.63. The van der Waals surface area contributed by atoms with Gasteiger partial charge in [0.25, 0.3) is 0 Å². The molecule has 11 heteroatoms. The molecular formula is C24H31ClFN5O4. The molecule has 1 saturated heterocycles. The molecule has 3 unspecified atom stereocenters. The van der Waals surface area contributed by atoms with E-state index in [1.54, 1.807) is 20.8 Å². The van der Waals surface area contributed by atoms with Gasteiger partial charge in [0.05, 0.1) is 25.6 Å². The lowest BCUT2D eigenvalue weighted by molar-refractivity contribution is -0.0351. The van der Waals surface area contributed by atoms with Crippen LogP contribution in [0.25, 0.3) is 11.2 Å². The Morgan fingerprint density at radius 3 is 2.57 bits per heavy atom. The third kappa shape index (κ3) is 6.25. The molecule has 1 aliphatic heterocycles. The molecule has 1 amide bonds. The maximum absolute atomic E-state index is 14.6. The third-order valence-electron chi connectivity index (χ3n) is 5.04. The van der Waals surface area contributed by atoms with Gasteiger partial charge in [-0.25, -0.2) is 14.2 Å². The molecule has 1 aromatic carbocycles. The fraction of sp³-hybridized carbons (Fsp3) is 0.500. The molecule has 9 nitrogen and oxygen atoms in total. The summed E-state index contributed by atoms with van der Waals surface area (Å²) in [6, 6.07) is 9.32. The van der Waals surface area contributed by atoms with Crippen molar-refractivity contribution in [2.75, 3.05) is 11.5 Å². The number of aromatic nitrogens is 4. The third-order valence-corrected chi connectivity index (χ3v) is 5.20. The van der Waals surface area contributed by atoms with Crippen molar-refractivity contribution in [3.63, 3.8) is 0 Å². The molecule has 0 aliphatic carbocycles. The molecule has 2 aromatic heterocycles. The Bertz CT molecular complexity index is 1140. The maximum atomic E-state index is 14.6. The van der Waals surface area contributed by atoms with Crippen molar-refractivity contribution in [1.82, 2.24) is 19.5 Å². The summed E-state index contributed by atoms with van der Waals surface area (Å²) >= 11 is 6.22. The summed E-state index contributed by atoms with van der Waals surface area (Å²) in [4.78, 5) is 27.3. The minimum Gasteiger partial charge on any atom is -0.443 e. The van der Waals surface area contributed by atoms with Gasteiger partial charge in [-0.1, -0.05) is 44.2 Å². The number of alkyl halides is 1. The highest BCUT2D eigenvalue weighted by molar-refractivity contribution is 6.28. The van der Waals surface area contributed by atoms with Gasteiger partial charge in [-0.2, -0.15) is 9.97 Å². The molecule has 0 bridgehead atoms. The summed E-state index contributed by atoms with van der Waals surface area (Å²) in [5.74, 6) is 0.133. The van der Waals surface area contributed by atoms with Gasteiger partial charge >= 0.3 is 6.09 Å². The highest BCUT2D eigenvalue weighted by Gasteiger charge is 2.38. The second-order valence-corrected chi connectivity index (χ2v) is 9.11. The number of aliphatic hydroxyl groups is 1. The van der Waals surface area contributed by atoms with E-state index in [0.29, 0.717) is 0 Å². The van der Waals surface area contributed by atoms with Gasteiger partial charge in [0.2, 0.25) is 5.28 Å². The van der Waals surface area contributed by atoms with Gasteiger partial charge in [-0.3, -0.25) is 9.47 Å². The molecule has 0 spiro atoms. The molecule has 3 atom stereocenters. The number of hydrogen-bond acceptors (Lipinski definition) is 7. The van der Waals surface area contributed by atoms with Crippen molar-refractivity contribution in [1.29, 1.82) is 0 Å². The zero-order chi connectivity index (χ0) is 25.8. The predicted molar refractivity (Wildman–Crippen MR) is 131 cm³/mol. The van der Waals surface area contributed by atoms with Gasteiger partial charge in [0.1, 0.15) is 11.8 Å². The van der Waals surface area contributed by atoms with E-state index in [9.17, 15) is 14.3 Å². The van der Waals surface area contributed by atoms with Crippen LogP contribution in [0.5, 0.6) is 0 Å². The molecule has 1 aliphatic rings. The van der Waals surface area contributed by atoms with E-state index in [0.717, 1.165) is 5.56 Å². The summed E-state index contributed by atoms with van der Waals surface area (Å²) in [7, 11) is 0. The second-order valence-electron chi connectivity index (χ2n) is 8.78. The Morgan fingerprint density at radius 1 is 1.29 bits per heavy atom. The molecule has 0 radical (unpaired) electrons. The highest BCUT2D eigenvalue weighted by Crippen LogP contribution is 2.35. The van der Waals surface area contributed by atoms with Gasteiger partial charge in [-0.15, -0.1) is 0 Å². The number of carbonyl (C=O) groups is 1. The fourth-order valence-electron chi connectivity index (χ4n) is 3.62. The van der Waals surface area contributed by atoms with Gasteiger partial charge in [0, 0.05) is 6.42 Å².